The molecule has 1 unspecified atom stereocenters. The van der Waals surface area contributed by atoms with E-state index in [0.717, 1.165) is 37.8 Å². The average Bonchev–Trinajstić information content (AvgIpc) is 3.33. The first kappa shape index (κ1) is 24.0. The second-order valence-electron chi connectivity index (χ2n) is 9.57. The molecule has 188 valence electrons. The predicted molar refractivity (Wildman–Crippen MR) is 138 cm³/mol. The summed E-state index contributed by atoms with van der Waals surface area (Å²) in [5, 5.41) is 3.03. The van der Waals surface area contributed by atoms with E-state index in [2.05, 4.69) is 15.3 Å². The van der Waals surface area contributed by atoms with Gasteiger partial charge in [-0.15, -0.1) is 0 Å². The molecule has 36 heavy (non-hydrogen) atoms. The fourth-order valence-electron chi connectivity index (χ4n) is 5.13. The highest BCUT2D eigenvalue weighted by molar-refractivity contribution is 5.80. The molecule has 9 nitrogen and oxygen atoms in total. The number of fused-ring (bicyclic) bond motifs is 1. The predicted octanol–water partition coefficient (Wildman–Crippen LogP) is 2.18. The maximum atomic E-state index is 13.6. The molecule has 3 aromatic rings. The standard InChI is InChI=1S/C27H32N6O3/c34-23-12-6-15-31(23)17-7-14-29-26(35)21-10-5-16-32(19-21)25-27(36)33(18-20-8-2-1-3-9-20)24-22(30-25)11-4-13-28-24/h1-4,8-9,11,13,21H,5-7,10,12,14-19H2,(H,29,35). The van der Waals surface area contributed by atoms with E-state index in [1.165, 1.54) is 0 Å². The van der Waals surface area contributed by atoms with Crippen LogP contribution in [-0.2, 0) is 16.1 Å². The van der Waals surface area contributed by atoms with Crippen LogP contribution in [0, 0.1) is 5.92 Å². The number of nitrogens with one attached hydrogen (secondary N) is 1. The fraction of sp³-hybridized carbons (Fsp3) is 0.444. The first-order chi connectivity index (χ1) is 17.6. The van der Waals surface area contributed by atoms with Gasteiger partial charge in [0.25, 0.3) is 5.56 Å². The molecule has 0 spiro atoms. The number of carbonyl (C=O) groups excluding carboxylic acids is 2. The molecule has 0 bridgehead atoms. The molecule has 1 atom stereocenters. The Labute approximate surface area is 210 Å². The van der Waals surface area contributed by atoms with Crippen molar-refractivity contribution >= 4 is 28.8 Å². The minimum absolute atomic E-state index is 0.000449. The van der Waals surface area contributed by atoms with Crippen LogP contribution >= 0.6 is 0 Å². The minimum atomic E-state index is -0.208. The number of rotatable bonds is 8. The van der Waals surface area contributed by atoms with E-state index in [1.807, 2.05) is 52.3 Å². The third-order valence-electron chi connectivity index (χ3n) is 7.04. The largest absolute Gasteiger partial charge is 0.356 e. The van der Waals surface area contributed by atoms with Gasteiger partial charge in [0.1, 0.15) is 5.52 Å². The van der Waals surface area contributed by atoms with Crippen LogP contribution in [0.3, 0.4) is 0 Å². The van der Waals surface area contributed by atoms with Crippen LogP contribution in [0.5, 0.6) is 0 Å². The third kappa shape index (κ3) is 5.24. The molecule has 0 saturated carbocycles. The van der Waals surface area contributed by atoms with Crippen molar-refractivity contribution in [2.24, 2.45) is 5.92 Å². The van der Waals surface area contributed by atoms with E-state index in [4.69, 9.17) is 0 Å². The highest BCUT2D eigenvalue weighted by Crippen LogP contribution is 2.22. The highest BCUT2D eigenvalue weighted by Gasteiger charge is 2.29. The molecular formula is C27H32N6O3. The van der Waals surface area contributed by atoms with E-state index in [0.29, 0.717) is 56.1 Å². The Balaban J connectivity index is 1.29. The van der Waals surface area contributed by atoms with Gasteiger partial charge in [0, 0.05) is 45.3 Å². The van der Waals surface area contributed by atoms with Gasteiger partial charge in [0.2, 0.25) is 11.8 Å². The van der Waals surface area contributed by atoms with E-state index >= 15 is 0 Å². The number of hydrogen-bond acceptors (Lipinski definition) is 6. The first-order valence-corrected chi connectivity index (χ1v) is 12.8. The van der Waals surface area contributed by atoms with E-state index in [-0.39, 0.29) is 23.3 Å². The summed E-state index contributed by atoms with van der Waals surface area (Å²) in [5.41, 5.74) is 2.03. The number of carbonyl (C=O) groups is 2. The molecule has 0 aliphatic carbocycles. The van der Waals surface area contributed by atoms with Crippen molar-refractivity contribution in [2.45, 2.75) is 38.6 Å². The van der Waals surface area contributed by atoms with Crippen LogP contribution < -0.4 is 15.8 Å². The van der Waals surface area contributed by atoms with Gasteiger partial charge >= 0.3 is 0 Å². The van der Waals surface area contributed by atoms with Crippen molar-refractivity contribution in [1.82, 2.24) is 24.8 Å². The van der Waals surface area contributed by atoms with Gasteiger partial charge in [-0.2, -0.15) is 0 Å². The average molecular weight is 489 g/mol. The molecule has 2 aliphatic heterocycles. The minimum Gasteiger partial charge on any atom is -0.356 e. The molecule has 4 heterocycles. The SMILES string of the molecule is O=C(NCCCN1CCCC1=O)C1CCCN(c2nc3cccnc3n(Cc3ccccc3)c2=O)C1. The lowest BCUT2D eigenvalue weighted by atomic mass is 9.97. The molecule has 1 N–H and O–H groups in total. The number of likely N-dealkylation sites (tertiary alicyclic amines) is 1. The Kier molecular flexibility index (Phi) is 7.25. The van der Waals surface area contributed by atoms with Crippen LogP contribution in [0.25, 0.3) is 11.2 Å². The lowest BCUT2D eigenvalue weighted by Crippen LogP contribution is -2.46. The summed E-state index contributed by atoms with van der Waals surface area (Å²) >= 11 is 0. The summed E-state index contributed by atoms with van der Waals surface area (Å²) in [4.78, 5) is 51.2. The molecule has 2 saturated heterocycles. The number of anilines is 1. The van der Waals surface area contributed by atoms with Gasteiger partial charge in [-0.25, -0.2) is 9.97 Å². The smallest absolute Gasteiger partial charge is 0.295 e. The van der Waals surface area contributed by atoms with Gasteiger partial charge in [0.05, 0.1) is 12.5 Å². The second-order valence-corrected chi connectivity index (χ2v) is 9.57. The van der Waals surface area contributed by atoms with Crippen molar-refractivity contribution in [1.29, 1.82) is 0 Å². The monoisotopic (exact) mass is 488 g/mol. The summed E-state index contributed by atoms with van der Waals surface area (Å²) in [6.07, 6.45) is 5.57. The summed E-state index contributed by atoms with van der Waals surface area (Å²) < 4.78 is 1.68. The molecule has 5 rings (SSSR count). The number of aromatic nitrogens is 3. The second kappa shape index (κ2) is 10.9. The zero-order chi connectivity index (χ0) is 24.9. The molecule has 2 aliphatic rings. The first-order valence-electron chi connectivity index (χ1n) is 12.8. The Bertz CT molecular complexity index is 1290. The van der Waals surface area contributed by atoms with E-state index < -0.39 is 0 Å². The van der Waals surface area contributed by atoms with Gasteiger partial charge in [0.15, 0.2) is 11.5 Å². The number of pyridine rings is 1. The summed E-state index contributed by atoms with van der Waals surface area (Å²) in [7, 11) is 0. The normalized spacial score (nSPS) is 18.1. The van der Waals surface area contributed by atoms with Crippen molar-refractivity contribution in [3.8, 4) is 0 Å². The zero-order valence-corrected chi connectivity index (χ0v) is 20.4. The summed E-state index contributed by atoms with van der Waals surface area (Å²) in [6, 6.07) is 13.5. The summed E-state index contributed by atoms with van der Waals surface area (Å²) in [5.74, 6) is 0.372. The molecule has 9 heteroatoms. The zero-order valence-electron chi connectivity index (χ0n) is 20.4. The van der Waals surface area contributed by atoms with Crippen molar-refractivity contribution < 1.29 is 9.59 Å². The van der Waals surface area contributed by atoms with Crippen LogP contribution in [0.4, 0.5) is 5.82 Å². The Morgan fingerprint density at radius 2 is 1.92 bits per heavy atom. The molecule has 2 amide bonds. The number of benzene rings is 1. The third-order valence-corrected chi connectivity index (χ3v) is 7.04. The maximum Gasteiger partial charge on any atom is 0.295 e. The van der Waals surface area contributed by atoms with E-state index in [9.17, 15) is 14.4 Å². The highest BCUT2D eigenvalue weighted by atomic mass is 16.2. The van der Waals surface area contributed by atoms with E-state index in [1.54, 1.807) is 10.8 Å². The summed E-state index contributed by atoms with van der Waals surface area (Å²) in [6.45, 7) is 3.59. The van der Waals surface area contributed by atoms with Crippen LogP contribution in [0.2, 0.25) is 0 Å². The maximum absolute atomic E-state index is 13.6. The number of nitrogens with zero attached hydrogens (tertiary/aromatic N) is 5. The molecule has 2 aromatic heterocycles. The Morgan fingerprint density at radius 3 is 2.72 bits per heavy atom. The quantitative estimate of drug-likeness (QED) is 0.488. The number of piperidine rings is 1. The van der Waals surface area contributed by atoms with Crippen molar-refractivity contribution in [3.05, 3.63) is 64.6 Å². The number of hydrogen-bond donors (Lipinski definition) is 1. The molecule has 2 fully saturated rings. The number of amides is 2. The van der Waals surface area contributed by atoms with Crippen LogP contribution in [-0.4, -0.2) is 64.0 Å². The lowest BCUT2D eigenvalue weighted by Gasteiger charge is -2.32. The van der Waals surface area contributed by atoms with Gasteiger partial charge in [-0.3, -0.25) is 19.0 Å². The Morgan fingerprint density at radius 1 is 1.06 bits per heavy atom. The Hall–Kier alpha value is -3.75. The molecule has 0 radical (unpaired) electrons. The van der Waals surface area contributed by atoms with Gasteiger partial charge in [-0.1, -0.05) is 30.3 Å². The lowest BCUT2D eigenvalue weighted by molar-refractivity contribution is -0.127. The topological polar surface area (TPSA) is 100 Å². The van der Waals surface area contributed by atoms with Gasteiger partial charge < -0.3 is 15.1 Å². The van der Waals surface area contributed by atoms with Crippen LogP contribution in [0.15, 0.2) is 53.5 Å². The van der Waals surface area contributed by atoms with Crippen molar-refractivity contribution in [2.75, 3.05) is 37.6 Å². The van der Waals surface area contributed by atoms with Crippen molar-refractivity contribution in [3.63, 3.8) is 0 Å². The fourth-order valence-corrected chi connectivity index (χ4v) is 5.13. The molecule has 1 aromatic carbocycles. The van der Waals surface area contributed by atoms with Gasteiger partial charge in [-0.05, 0) is 43.4 Å². The van der Waals surface area contributed by atoms with Crippen LogP contribution in [0.1, 0.15) is 37.7 Å². The molecular weight excluding hydrogens is 456 g/mol.